The summed E-state index contributed by atoms with van der Waals surface area (Å²) in [6.07, 6.45) is 4.22. The van der Waals surface area contributed by atoms with Gasteiger partial charge in [-0.15, -0.1) is 0 Å². The van der Waals surface area contributed by atoms with Crippen molar-refractivity contribution in [3.8, 4) is 0 Å². The molecule has 5 heteroatoms. The van der Waals surface area contributed by atoms with Gasteiger partial charge < -0.3 is 14.9 Å². The van der Waals surface area contributed by atoms with E-state index in [0.29, 0.717) is 13.0 Å². The van der Waals surface area contributed by atoms with Crippen LogP contribution in [0, 0.1) is 0 Å². The Bertz CT molecular complexity index is 292. The lowest BCUT2D eigenvalue weighted by atomic mass is 10.2. The summed E-state index contributed by atoms with van der Waals surface area (Å²) in [5, 5.41) is 8.64. The van der Waals surface area contributed by atoms with Gasteiger partial charge in [-0.1, -0.05) is 0 Å². The van der Waals surface area contributed by atoms with E-state index in [2.05, 4.69) is 18.7 Å². The molecule has 0 spiro atoms. The quantitative estimate of drug-likeness (QED) is 0.827. The van der Waals surface area contributed by atoms with Gasteiger partial charge in [-0.25, -0.2) is 4.79 Å². The molecule has 1 amide bonds. The third-order valence-corrected chi connectivity index (χ3v) is 3.81. The highest BCUT2D eigenvalue weighted by molar-refractivity contribution is 5.82. The van der Waals surface area contributed by atoms with Crippen molar-refractivity contribution < 1.29 is 14.7 Å². The van der Waals surface area contributed by atoms with E-state index in [4.69, 9.17) is 5.11 Å². The topological polar surface area (TPSA) is 60.9 Å². The largest absolute Gasteiger partial charge is 0.480 e. The molecule has 0 aliphatic carbocycles. The molecule has 2 aliphatic heterocycles. The smallest absolute Gasteiger partial charge is 0.326 e. The summed E-state index contributed by atoms with van der Waals surface area (Å²) in [6, 6.07) is 0.199. The first-order chi connectivity index (χ1) is 8.93. The molecule has 110 valence electrons. The van der Waals surface area contributed by atoms with E-state index in [0.717, 1.165) is 12.5 Å². The summed E-state index contributed by atoms with van der Waals surface area (Å²) in [6.45, 7) is 9.19. The van der Waals surface area contributed by atoms with Gasteiger partial charge in [0.2, 0.25) is 5.91 Å². The van der Waals surface area contributed by atoms with Crippen molar-refractivity contribution in [2.24, 2.45) is 0 Å². The number of hydrogen-bond donors (Lipinski definition) is 1. The number of carboxylic acid groups (broad SMARTS) is 1. The number of amides is 1. The third-order valence-electron chi connectivity index (χ3n) is 3.81. The number of carbonyl (C=O) groups is 2. The maximum Gasteiger partial charge on any atom is 0.326 e. The Morgan fingerprint density at radius 1 is 1.11 bits per heavy atom. The first kappa shape index (κ1) is 16.0. The molecule has 0 bridgehead atoms. The van der Waals surface area contributed by atoms with Crippen LogP contribution in [0.15, 0.2) is 0 Å². The predicted octanol–water partition coefficient (Wildman–Crippen LogP) is 1.57. The van der Waals surface area contributed by atoms with Crippen LogP contribution in [0.5, 0.6) is 0 Å². The molecule has 2 aliphatic rings. The second-order valence-electron chi connectivity index (χ2n) is 5.55. The number of carbonyl (C=O) groups excluding carboxylic acids is 1. The number of carboxylic acids is 1. The summed E-state index contributed by atoms with van der Waals surface area (Å²) in [7, 11) is 0. The van der Waals surface area contributed by atoms with Crippen LogP contribution in [0.25, 0.3) is 0 Å². The van der Waals surface area contributed by atoms with Crippen molar-refractivity contribution in [3.63, 3.8) is 0 Å². The fourth-order valence-electron chi connectivity index (χ4n) is 2.66. The average molecular weight is 270 g/mol. The first-order valence-electron chi connectivity index (χ1n) is 7.17. The zero-order chi connectivity index (χ0) is 14.4. The zero-order valence-corrected chi connectivity index (χ0v) is 12.3. The lowest BCUT2D eigenvalue weighted by Gasteiger charge is -2.18. The molecule has 19 heavy (non-hydrogen) atoms. The van der Waals surface area contributed by atoms with Gasteiger partial charge in [0.15, 0.2) is 0 Å². The van der Waals surface area contributed by atoms with Crippen LogP contribution in [0.3, 0.4) is 0 Å². The van der Waals surface area contributed by atoms with Gasteiger partial charge in [-0.2, -0.15) is 0 Å². The van der Waals surface area contributed by atoms with Crippen molar-refractivity contribution in [1.82, 2.24) is 9.80 Å². The molecule has 1 atom stereocenters. The second kappa shape index (κ2) is 7.48. The van der Waals surface area contributed by atoms with E-state index < -0.39 is 12.0 Å². The molecule has 0 aromatic rings. The zero-order valence-electron chi connectivity index (χ0n) is 12.3. The Labute approximate surface area is 115 Å². The summed E-state index contributed by atoms with van der Waals surface area (Å²) < 4.78 is 0. The van der Waals surface area contributed by atoms with Crippen LogP contribution in [-0.4, -0.2) is 58.5 Å². The molecule has 2 rings (SSSR count). The lowest BCUT2D eigenvalue weighted by molar-refractivity contribution is -0.147. The minimum Gasteiger partial charge on any atom is -0.480 e. The van der Waals surface area contributed by atoms with E-state index in [1.165, 1.54) is 37.8 Å². The predicted molar refractivity (Wildman–Crippen MR) is 74.0 cm³/mol. The number of nitrogens with zero attached hydrogens (tertiary/aromatic N) is 2. The molecule has 2 fully saturated rings. The Morgan fingerprint density at radius 2 is 1.68 bits per heavy atom. The Balaban J connectivity index is 0.000000200. The highest BCUT2D eigenvalue weighted by atomic mass is 16.4. The van der Waals surface area contributed by atoms with Gasteiger partial charge in [0.25, 0.3) is 0 Å². The molecular formula is C14H26N2O3. The van der Waals surface area contributed by atoms with Crippen molar-refractivity contribution in [2.75, 3.05) is 19.6 Å². The van der Waals surface area contributed by atoms with Gasteiger partial charge in [-0.3, -0.25) is 4.79 Å². The molecular weight excluding hydrogens is 244 g/mol. The molecule has 1 unspecified atom stereocenters. The van der Waals surface area contributed by atoms with Crippen LogP contribution < -0.4 is 0 Å². The Kier molecular flexibility index (Phi) is 6.28. The second-order valence-corrected chi connectivity index (χ2v) is 5.55. The minimum atomic E-state index is -0.891. The van der Waals surface area contributed by atoms with Gasteiger partial charge in [0.1, 0.15) is 6.04 Å². The van der Waals surface area contributed by atoms with Crippen molar-refractivity contribution in [3.05, 3.63) is 0 Å². The number of hydrogen-bond acceptors (Lipinski definition) is 3. The van der Waals surface area contributed by atoms with E-state index in [-0.39, 0.29) is 5.91 Å². The van der Waals surface area contributed by atoms with Crippen LogP contribution in [0.4, 0.5) is 0 Å². The maximum atomic E-state index is 10.8. The van der Waals surface area contributed by atoms with Gasteiger partial charge in [0.05, 0.1) is 0 Å². The van der Waals surface area contributed by atoms with E-state index in [1.54, 1.807) is 0 Å². The SMILES string of the molecule is CC(=O)N1CCCC1C(=O)O.CC(C)N1CCCC1. The molecule has 0 aromatic carbocycles. The summed E-state index contributed by atoms with van der Waals surface area (Å²) in [5.74, 6) is -1.03. The fraction of sp³-hybridized carbons (Fsp3) is 0.857. The molecule has 2 saturated heterocycles. The number of likely N-dealkylation sites (tertiary alicyclic amines) is 2. The van der Waals surface area contributed by atoms with Crippen LogP contribution in [0.2, 0.25) is 0 Å². The van der Waals surface area contributed by atoms with Crippen molar-refractivity contribution in [2.45, 2.75) is 58.5 Å². The number of rotatable bonds is 2. The number of aliphatic carboxylic acids is 1. The third kappa shape index (κ3) is 4.82. The normalized spacial score (nSPS) is 23.4. The van der Waals surface area contributed by atoms with Crippen LogP contribution in [-0.2, 0) is 9.59 Å². The van der Waals surface area contributed by atoms with Gasteiger partial charge in [-0.05, 0) is 52.6 Å². The van der Waals surface area contributed by atoms with Crippen LogP contribution >= 0.6 is 0 Å². The molecule has 0 saturated carbocycles. The Morgan fingerprint density at radius 3 is 2.00 bits per heavy atom. The molecule has 0 aromatic heterocycles. The van der Waals surface area contributed by atoms with Crippen LogP contribution in [0.1, 0.15) is 46.5 Å². The summed E-state index contributed by atoms with van der Waals surface area (Å²) in [5.41, 5.74) is 0. The maximum absolute atomic E-state index is 10.8. The van der Waals surface area contributed by atoms with Crippen molar-refractivity contribution >= 4 is 11.9 Å². The molecule has 2 heterocycles. The van der Waals surface area contributed by atoms with E-state index in [1.807, 2.05) is 0 Å². The molecule has 0 radical (unpaired) electrons. The lowest BCUT2D eigenvalue weighted by Crippen LogP contribution is -2.38. The highest BCUT2D eigenvalue weighted by Gasteiger charge is 2.31. The van der Waals surface area contributed by atoms with E-state index in [9.17, 15) is 9.59 Å². The minimum absolute atomic E-state index is 0.144. The monoisotopic (exact) mass is 270 g/mol. The first-order valence-corrected chi connectivity index (χ1v) is 7.17. The standard InChI is InChI=1S/C7H11NO3.C7H15N/c1-5(9)8-4-2-3-6(8)7(10)11;1-7(2)8-5-3-4-6-8/h6H,2-4H2,1H3,(H,10,11);7H,3-6H2,1-2H3. The van der Waals surface area contributed by atoms with Gasteiger partial charge >= 0.3 is 5.97 Å². The fourth-order valence-corrected chi connectivity index (χ4v) is 2.66. The average Bonchev–Trinajstić information content (AvgIpc) is 3.01. The van der Waals surface area contributed by atoms with E-state index >= 15 is 0 Å². The summed E-state index contributed by atoms with van der Waals surface area (Å²) >= 11 is 0. The summed E-state index contributed by atoms with van der Waals surface area (Å²) in [4.78, 5) is 25.3. The Hall–Kier alpha value is -1.10. The molecule has 5 nitrogen and oxygen atoms in total. The molecule has 1 N–H and O–H groups in total. The van der Waals surface area contributed by atoms with Gasteiger partial charge in [0, 0.05) is 19.5 Å². The highest BCUT2D eigenvalue weighted by Crippen LogP contribution is 2.16. The van der Waals surface area contributed by atoms with Crippen molar-refractivity contribution in [1.29, 1.82) is 0 Å².